The van der Waals surface area contributed by atoms with E-state index in [2.05, 4.69) is 21.6 Å². The lowest BCUT2D eigenvalue weighted by Gasteiger charge is -2.35. The van der Waals surface area contributed by atoms with Crippen LogP contribution in [0.1, 0.15) is 30.4 Å². The largest absolute Gasteiger partial charge is 0.496 e. The third kappa shape index (κ3) is 5.20. The number of nitrogens with one attached hydrogen (secondary N) is 2. The quantitative estimate of drug-likeness (QED) is 0.775. The van der Waals surface area contributed by atoms with E-state index in [-0.39, 0.29) is 24.3 Å². The summed E-state index contributed by atoms with van der Waals surface area (Å²) < 4.78 is 10.6. The first-order valence-electron chi connectivity index (χ1n) is 9.59. The Labute approximate surface area is 160 Å². The molecule has 2 N–H and O–H groups in total. The first-order chi connectivity index (χ1) is 13.1. The van der Waals surface area contributed by atoms with Gasteiger partial charge in [-0.3, -0.25) is 14.5 Å². The molecule has 7 heteroatoms. The predicted octanol–water partition coefficient (Wildman–Crippen LogP) is 0.989. The van der Waals surface area contributed by atoms with Gasteiger partial charge in [0.15, 0.2) is 0 Å². The van der Waals surface area contributed by atoms with Gasteiger partial charge in [-0.25, -0.2) is 0 Å². The van der Waals surface area contributed by atoms with E-state index in [4.69, 9.17) is 9.47 Å². The average Bonchev–Trinajstić information content (AvgIpc) is 2.65. The second-order valence-corrected chi connectivity index (χ2v) is 7.24. The summed E-state index contributed by atoms with van der Waals surface area (Å²) >= 11 is 0. The van der Waals surface area contributed by atoms with Crippen molar-refractivity contribution >= 4 is 11.8 Å². The number of aryl methyl sites for hydroxylation is 1. The van der Waals surface area contributed by atoms with Crippen molar-refractivity contribution in [3.63, 3.8) is 0 Å². The lowest BCUT2D eigenvalue weighted by Crippen LogP contribution is -2.56. The molecule has 2 amide bonds. The summed E-state index contributed by atoms with van der Waals surface area (Å²) in [7, 11) is 1.66. The third-order valence-electron chi connectivity index (χ3n) is 5.25. The summed E-state index contributed by atoms with van der Waals surface area (Å²) in [6.07, 6.45) is 1.84. The van der Waals surface area contributed by atoms with Crippen LogP contribution in [0.2, 0.25) is 0 Å². The van der Waals surface area contributed by atoms with Crippen LogP contribution in [0.5, 0.6) is 5.75 Å². The molecule has 1 aromatic carbocycles. The Kier molecular flexibility index (Phi) is 6.68. The highest BCUT2D eigenvalue weighted by molar-refractivity contribution is 5.88. The topological polar surface area (TPSA) is 79.9 Å². The number of hydrogen-bond acceptors (Lipinski definition) is 5. The van der Waals surface area contributed by atoms with Crippen molar-refractivity contribution in [2.75, 3.05) is 33.4 Å². The summed E-state index contributed by atoms with van der Waals surface area (Å²) in [5, 5.41) is 5.94. The molecule has 2 heterocycles. The Balaban J connectivity index is 1.63. The lowest BCUT2D eigenvalue weighted by atomic mass is 10.0. The van der Waals surface area contributed by atoms with Crippen molar-refractivity contribution in [1.29, 1.82) is 0 Å². The minimum Gasteiger partial charge on any atom is -0.496 e. The number of nitrogens with zero attached hydrogens (tertiary/aromatic N) is 1. The molecule has 2 saturated heterocycles. The van der Waals surface area contributed by atoms with E-state index in [9.17, 15) is 9.59 Å². The van der Waals surface area contributed by atoms with E-state index in [1.807, 2.05) is 19.1 Å². The molecule has 2 aliphatic rings. The summed E-state index contributed by atoms with van der Waals surface area (Å²) in [5.41, 5.74) is 2.17. The summed E-state index contributed by atoms with van der Waals surface area (Å²) in [5.74, 6) is 0.705. The van der Waals surface area contributed by atoms with Gasteiger partial charge in [0.05, 0.1) is 19.6 Å². The van der Waals surface area contributed by atoms with Crippen LogP contribution in [0.4, 0.5) is 0 Å². The van der Waals surface area contributed by atoms with Crippen LogP contribution in [0.15, 0.2) is 18.2 Å². The molecule has 2 aliphatic heterocycles. The molecule has 3 rings (SSSR count). The number of carbonyl (C=O) groups excluding carboxylic acids is 2. The van der Waals surface area contributed by atoms with E-state index in [0.717, 1.165) is 36.3 Å². The van der Waals surface area contributed by atoms with Gasteiger partial charge in [-0.1, -0.05) is 12.1 Å². The van der Waals surface area contributed by atoms with Gasteiger partial charge in [-0.2, -0.15) is 0 Å². The van der Waals surface area contributed by atoms with Gasteiger partial charge >= 0.3 is 0 Å². The Hall–Kier alpha value is -2.12. The summed E-state index contributed by atoms with van der Waals surface area (Å²) in [4.78, 5) is 27.0. The Morgan fingerprint density at radius 1 is 1.37 bits per heavy atom. The van der Waals surface area contributed by atoms with Gasteiger partial charge in [0.2, 0.25) is 11.8 Å². The smallest absolute Gasteiger partial charge is 0.237 e. The third-order valence-corrected chi connectivity index (χ3v) is 5.25. The van der Waals surface area contributed by atoms with Crippen molar-refractivity contribution in [3.8, 4) is 5.75 Å². The zero-order chi connectivity index (χ0) is 19.2. The minimum absolute atomic E-state index is 0.0696. The molecule has 148 valence electrons. The van der Waals surface area contributed by atoms with Crippen molar-refractivity contribution < 1.29 is 19.1 Å². The lowest BCUT2D eigenvalue weighted by molar-refractivity contribution is -0.134. The fraction of sp³-hybridized carbons (Fsp3) is 0.600. The fourth-order valence-electron chi connectivity index (χ4n) is 3.75. The van der Waals surface area contributed by atoms with Crippen LogP contribution >= 0.6 is 0 Å². The molecule has 1 unspecified atom stereocenters. The molecular formula is C20H29N3O4. The second-order valence-electron chi connectivity index (χ2n) is 7.24. The number of piperazine rings is 1. The van der Waals surface area contributed by atoms with Crippen LogP contribution in [-0.4, -0.2) is 62.2 Å². The van der Waals surface area contributed by atoms with Crippen LogP contribution in [-0.2, 0) is 20.9 Å². The molecule has 7 nitrogen and oxygen atoms in total. The highest BCUT2D eigenvalue weighted by atomic mass is 16.5. The normalized spacial score (nSPS) is 21.6. The SMILES string of the molecule is COc1ccc(CN2CCNC(=O)C2CC(=O)NC2CCOCC2)cc1C. The van der Waals surface area contributed by atoms with E-state index in [1.165, 1.54) is 0 Å². The average molecular weight is 375 g/mol. The number of carbonyl (C=O) groups is 2. The molecule has 0 aliphatic carbocycles. The van der Waals surface area contributed by atoms with Crippen molar-refractivity contribution in [2.24, 2.45) is 0 Å². The molecule has 1 aromatic rings. The summed E-state index contributed by atoms with van der Waals surface area (Å²) in [6, 6.07) is 5.74. The maximum Gasteiger partial charge on any atom is 0.237 e. The van der Waals surface area contributed by atoms with E-state index < -0.39 is 6.04 Å². The van der Waals surface area contributed by atoms with Gasteiger partial charge in [0.1, 0.15) is 5.75 Å². The maximum atomic E-state index is 12.5. The standard InChI is InChI=1S/C20H29N3O4/c1-14-11-15(3-4-18(14)26-2)13-23-8-7-21-20(25)17(23)12-19(24)22-16-5-9-27-10-6-16/h3-4,11,16-17H,5-10,12-13H2,1-2H3,(H,21,25)(H,22,24). The molecule has 0 bridgehead atoms. The zero-order valence-electron chi connectivity index (χ0n) is 16.1. The van der Waals surface area contributed by atoms with Crippen LogP contribution in [0, 0.1) is 6.92 Å². The first-order valence-corrected chi connectivity index (χ1v) is 9.59. The molecule has 0 radical (unpaired) electrons. The second kappa shape index (κ2) is 9.19. The van der Waals surface area contributed by atoms with Gasteiger partial charge < -0.3 is 20.1 Å². The number of methoxy groups -OCH3 is 1. The highest BCUT2D eigenvalue weighted by Gasteiger charge is 2.32. The number of amides is 2. The van der Waals surface area contributed by atoms with E-state index in [1.54, 1.807) is 7.11 Å². The molecule has 0 aromatic heterocycles. The van der Waals surface area contributed by atoms with Crippen molar-refractivity contribution in [3.05, 3.63) is 29.3 Å². The summed E-state index contributed by atoms with van der Waals surface area (Å²) in [6.45, 7) is 5.32. The molecule has 1 atom stereocenters. The zero-order valence-corrected chi connectivity index (χ0v) is 16.1. The van der Waals surface area contributed by atoms with Gasteiger partial charge in [0, 0.05) is 38.9 Å². The van der Waals surface area contributed by atoms with Crippen molar-refractivity contribution in [1.82, 2.24) is 15.5 Å². The predicted molar refractivity (Wildman–Crippen MR) is 102 cm³/mol. The Morgan fingerprint density at radius 2 is 2.15 bits per heavy atom. The van der Waals surface area contributed by atoms with Crippen molar-refractivity contribution in [2.45, 2.75) is 44.8 Å². The van der Waals surface area contributed by atoms with Crippen LogP contribution in [0.25, 0.3) is 0 Å². The molecule has 0 saturated carbocycles. The molecular weight excluding hydrogens is 346 g/mol. The van der Waals surface area contributed by atoms with Gasteiger partial charge in [-0.05, 0) is 37.0 Å². The fourth-order valence-corrected chi connectivity index (χ4v) is 3.75. The minimum atomic E-state index is -0.444. The number of rotatable bonds is 6. The van der Waals surface area contributed by atoms with Crippen LogP contribution < -0.4 is 15.4 Å². The number of hydrogen-bond donors (Lipinski definition) is 2. The Morgan fingerprint density at radius 3 is 2.85 bits per heavy atom. The monoisotopic (exact) mass is 375 g/mol. The molecule has 27 heavy (non-hydrogen) atoms. The number of benzene rings is 1. The van der Waals surface area contributed by atoms with E-state index in [0.29, 0.717) is 26.3 Å². The molecule has 2 fully saturated rings. The number of ether oxygens (including phenoxy) is 2. The first kappa shape index (κ1) is 19.6. The highest BCUT2D eigenvalue weighted by Crippen LogP contribution is 2.21. The van der Waals surface area contributed by atoms with Gasteiger partial charge in [-0.15, -0.1) is 0 Å². The molecule has 0 spiro atoms. The van der Waals surface area contributed by atoms with E-state index >= 15 is 0 Å². The Bertz CT molecular complexity index is 673. The van der Waals surface area contributed by atoms with Gasteiger partial charge in [0.25, 0.3) is 0 Å². The van der Waals surface area contributed by atoms with Crippen LogP contribution in [0.3, 0.4) is 0 Å². The maximum absolute atomic E-state index is 12.5.